The van der Waals surface area contributed by atoms with Gasteiger partial charge in [-0.2, -0.15) is 15.0 Å². The molecule has 27 heavy (non-hydrogen) atoms. The summed E-state index contributed by atoms with van der Waals surface area (Å²) < 4.78 is 6.89. The number of hydrogen-bond donors (Lipinski definition) is 1. The summed E-state index contributed by atoms with van der Waals surface area (Å²) in [5, 5.41) is 21.9. The molecule has 0 spiro atoms. The molecule has 0 aliphatic heterocycles. The zero-order valence-corrected chi connectivity index (χ0v) is 15.4. The van der Waals surface area contributed by atoms with Gasteiger partial charge < -0.3 is 9.84 Å². The third-order valence-corrected chi connectivity index (χ3v) is 4.40. The first-order chi connectivity index (χ1) is 13.1. The Balaban J connectivity index is 1.66. The highest BCUT2D eigenvalue weighted by molar-refractivity contribution is 6.38. The van der Waals surface area contributed by atoms with Crippen LogP contribution in [-0.2, 0) is 0 Å². The van der Waals surface area contributed by atoms with Gasteiger partial charge in [0.1, 0.15) is 12.4 Å². The van der Waals surface area contributed by atoms with Gasteiger partial charge in [0.05, 0.1) is 22.0 Å². The fraction of sp³-hybridized carbons (Fsp3) is 0.118. The molecule has 0 saturated carbocycles. The summed E-state index contributed by atoms with van der Waals surface area (Å²) in [5.41, 5.74) is 0.917. The maximum absolute atomic E-state index is 8.90. The molecule has 0 fully saturated rings. The van der Waals surface area contributed by atoms with Crippen molar-refractivity contribution in [2.24, 2.45) is 0 Å². The van der Waals surface area contributed by atoms with Crippen molar-refractivity contribution in [1.82, 2.24) is 24.9 Å². The van der Waals surface area contributed by atoms with Gasteiger partial charge in [-0.25, -0.2) is 9.97 Å². The number of hydrogen-bond acceptors (Lipinski definition) is 7. The first-order valence-electron chi connectivity index (χ1n) is 7.84. The molecule has 0 saturated heterocycles. The number of nitriles is 1. The Labute approximate surface area is 163 Å². The minimum atomic E-state index is -0.281. The highest BCUT2D eigenvalue weighted by Gasteiger charge is 2.19. The van der Waals surface area contributed by atoms with E-state index in [1.54, 1.807) is 28.9 Å². The van der Waals surface area contributed by atoms with Crippen molar-refractivity contribution in [3.8, 4) is 11.9 Å². The molecule has 10 heteroatoms. The predicted octanol–water partition coefficient (Wildman–Crippen LogP) is 4.16. The van der Waals surface area contributed by atoms with Gasteiger partial charge in [0.25, 0.3) is 0 Å². The minimum absolute atomic E-state index is 0.281. The fourth-order valence-corrected chi connectivity index (χ4v) is 3.17. The smallest absolute Gasteiger partial charge is 0.187 e. The second-order valence-electron chi connectivity index (χ2n) is 5.71. The number of pyridine rings is 1. The first kappa shape index (κ1) is 17.3. The number of nitrogens with zero attached hydrogens (tertiary/aromatic N) is 6. The van der Waals surface area contributed by atoms with Crippen molar-refractivity contribution in [3.63, 3.8) is 0 Å². The molecule has 3 aromatic heterocycles. The standard InChI is InChI=1S/C17H11Cl2N7O/c1-9(24-16-12-4-11(18)5-13(19)15(12)27-25-16)17-22-8-23-26(17)14-3-2-10(6-20)7-21-14/h2-5,7-9H,1H3,(H,24,25). The van der Waals surface area contributed by atoms with Crippen LogP contribution in [0.5, 0.6) is 0 Å². The largest absolute Gasteiger partial charge is 0.357 e. The van der Waals surface area contributed by atoms with E-state index in [9.17, 15) is 0 Å². The zero-order chi connectivity index (χ0) is 19.0. The van der Waals surface area contributed by atoms with Crippen LogP contribution in [0.2, 0.25) is 10.0 Å². The molecule has 4 rings (SSSR count). The van der Waals surface area contributed by atoms with Crippen molar-refractivity contribution in [2.45, 2.75) is 13.0 Å². The summed E-state index contributed by atoms with van der Waals surface area (Å²) in [6, 6.07) is 8.44. The van der Waals surface area contributed by atoms with Crippen LogP contribution in [0.4, 0.5) is 5.82 Å². The Morgan fingerprint density at radius 2 is 2.11 bits per heavy atom. The summed E-state index contributed by atoms with van der Waals surface area (Å²) in [4.78, 5) is 8.55. The minimum Gasteiger partial charge on any atom is -0.357 e. The average molecular weight is 400 g/mol. The molecule has 1 aromatic carbocycles. The van der Waals surface area contributed by atoms with Crippen LogP contribution in [0.25, 0.3) is 16.8 Å². The second kappa shape index (κ2) is 6.87. The van der Waals surface area contributed by atoms with Gasteiger partial charge in [0.15, 0.2) is 23.0 Å². The van der Waals surface area contributed by atoms with Gasteiger partial charge >= 0.3 is 0 Å². The van der Waals surface area contributed by atoms with E-state index in [4.69, 9.17) is 33.0 Å². The summed E-state index contributed by atoms with van der Waals surface area (Å²) in [7, 11) is 0. The van der Waals surface area contributed by atoms with Gasteiger partial charge in [-0.15, -0.1) is 0 Å². The number of aromatic nitrogens is 5. The van der Waals surface area contributed by atoms with Gasteiger partial charge in [0.2, 0.25) is 0 Å². The van der Waals surface area contributed by atoms with Gasteiger partial charge in [0, 0.05) is 11.2 Å². The van der Waals surface area contributed by atoms with Gasteiger partial charge in [-0.3, -0.25) is 0 Å². The first-order valence-corrected chi connectivity index (χ1v) is 8.60. The Morgan fingerprint density at radius 1 is 1.26 bits per heavy atom. The van der Waals surface area contributed by atoms with E-state index in [1.165, 1.54) is 12.5 Å². The molecule has 1 N–H and O–H groups in total. The molecule has 8 nitrogen and oxygen atoms in total. The monoisotopic (exact) mass is 399 g/mol. The van der Waals surface area contributed by atoms with Crippen molar-refractivity contribution >= 4 is 40.0 Å². The average Bonchev–Trinajstić information content (AvgIpc) is 3.29. The summed E-state index contributed by atoms with van der Waals surface area (Å²) in [6.45, 7) is 1.90. The molecule has 134 valence electrons. The normalized spacial score (nSPS) is 12.1. The van der Waals surface area contributed by atoms with Crippen LogP contribution >= 0.6 is 23.2 Å². The van der Waals surface area contributed by atoms with E-state index in [0.29, 0.717) is 44.0 Å². The predicted molar refractivity (Wildman–Crippen MR) is 99.9 cm³/mol. The number of anilines is 1. The van der Waals surface area contributed by atoms with Gasteiger partial charge in [-0.1, -0.05) is 28.4 Å². The van der Waals surface area contributed by atoms with E-state index in [2.05, 4.69) is 25.5 Å². The number of rotatable bonds is 4. The van der Waals surface area contributed by atoms with E-state index in [1.807, 2.05) is 13.0 Å². The van der Waals surface area contributed by atoms with Crippen LogP contribution < -0.4 is 5.32 Å². The third-order valence-electron chi connectivity index (χ3n) is 3.90. The quantitative estimate of drug-likeness (QED) is 0.548. The summed E-state index contributed by atoms with van der Waals surface area (Å²) in [6.07, 6.45) is 2.91. The Morgan fingerprint density at radius 3 is 2.85 bits per heavy atom. The van der Waals surface area contributed by atoms with Crippen LogP contribution in [0.15, 0.2) is 41.3 Å². The van der Waals surface area contributed by atoms with E-state index < -0.39 is 0 Å². The SMILES string of the molecule is CC(Nc1noc2c(Cl)cc(Cl)cc12)c1ncnn1-c1ccc(C#N)cn1. The number of fused-ring (bicyclic) bond motifs is 1. The van der Waals surface area contributed by atoms with E-state index >= 15 is 0 Å². The lowest BCUT2D eigenvalue weighted by Crippen LogP contribution is -2.14. The lowest BCUT2D eigenvalue weighted by atomic mass is 10.2. The maximum atomic E-state index is 8.90. The van der Waals surface area contributed by atoms with Crippen LogP contribution in [0.3, 0.4) is 0 Å². The molecular formula is C17H11Cl2N7O. The van der Waals surface area contributed by atoms with Crippen molar-refractivity contribution in [1.29, 1.82) is 5.26 Å². The van der Waals surface area contributed by atoms with Crippen LogP contribution in [0.1, 0.15) is 24.4 Å². The molecule has 3 heterocycles. The van der Waals surface area contributed by atoms with E-state index in [0.717, 1.165) is 0 Å². The molecule has 0 radical (unpaired) electrons. The summed E-state index contributed by atoms with van der Waals surface area (Å²) >= 11 is 12.2. The zero-order valence-electron chi connectivity index (χ0n) is 13.9. The van der Waals surface area contributed by atoms with Crippen LogP contribution in [-0.4, -0.2) is 24.9 Å². The maximum Gasteiger partial charge on any atom is 0.187 e. The lowest BCUT2D eigenvalue weighted by Gasteiger charge is -2.13. The number of halogens is 2. The fourth-order valence-electron chi connectivity index (χ4n) is 2.64. The van der Waals surface area contributed by atoms with Crippen molar-refractivity contribution < 1.29 is 4.52 Å². The van der Waals surface area contributed by atoms with Crippen LogP contribution in [0, 0.1) is 11.3 Å². The van der Waals surface area contributed by atoms with Gasteiger partial charge in [-0.05, 0) is 31.2 Å². The third kappa shape index (κ3) is 3.18. The second-order valence-corrected chi connectivity index (χ2v) is 6.55. The Bertz CT molecular complexity index is 1160. The topological polar surface area (TPSA) is 105 Å². The molecule has 1 atom stereocenters. The Kier molecular flexibility index (Phi) is 4.39. The molecule has 0 bridgehead atoms. The summed E-state index contributed by atoms with van der Waals surface area (Å²) in [5.74, 6) is 1.65. The highest BCUT2D eigenvalue weighted by atomic mass is 35.5. The molecule has 1 unspecified atom stereocenters. The molecule has 0 amide bonds. The molecule has 0 aliphatic carbocycles. The van der Waals surface area contributed by atoms with E-state index in [-0.39, 0.29) is 6.04 Å². The van der Waals surface area contributed by atoms with Crippen molar-refractivity contribution in [3.05, 3.63) is 58.2 Å². The highest BCUT2D eigenvalue weighted by Crippen LogP contribution is 2.33. The molecule has 0 aliphatic rings. The van der Waals surface area contributed by atoms with Crippen molar-refractivity contribution in [2.75, 3.05) is 5.32 Å². The number of benzene rings is 1. The molecule has 4 aromatic rings. The lowest BCUT2D eigenvalue weighted by molar-refractivity contribution is 0.458. The molecular weight excluding hydrogens is 389 g/mol. The Hall–Kier alpha value is -3.15. The number of nitrogens with one attached hydrogen (secondary N) is 1.